The minimum Gasteiger partial charge on any atom is -0.481 e. The lowest BCUT2D eigenvalue weighted by Gasteiger charge is -2.09. The van der Waals surface area contributed by atoms with Crippen molar-refractivity contribution in [2.75, 3.05) is 46.7 Å². The Labute approximate surface area is 869 Å². The zero-order valence-corrected chi connectivity index (χ0v) is 85.4. The number of halogens is 7. The standard InChI is InChI=1S/C23H18ClN5O4S.2C23H17ClN4O4S.C4H5BrN4O2.2C4H4BrN3O2.C4H3BrN2O2.H3NO4S/c24-15-2-4-20-17(7-15)14(11-34-20)9-27-8-13(6-21(30)31)16-3-1-12(5-19(16)27)18-10-28(25)23(33)29(26)22(18)32;24-15-2-4-20-17(7-15)14(11-33-20)10-27-9-13(6-21(29)30)16-3-1-12(5-19(16)27)18-8-26-23(32)28(25)22(18)31;24-15-2-4-20-17(7-15)14(11-33-20)9-27-8-13(6-21(29)30)16-3-1-12(5-19(16)27)18-10-28(25)23(32)26-22(18)31;5-2-1-8(6)4(11)9(7)3(2)10;5-2-1-8(6)4(10)7-3(2)9;5-2-1-7-4(10)8(6)3(2)9;5-2-1-6-4(9)7-3(2)8;1-5-6(2,3)4/h1-5,7-8,10-11H,6,9,25-26H2,(H,30,31);1-5,7-9,11H,6,10,25H2,(H,26,32)(H,29,30);1-5,7-8,10-11H,6,9,25H2,(H,29,30)(H,26,31,32);1H,6-7H2;1H,6H2,(H,7,9,10);1H,6H2,(H,7,10);1H,(H2,6,7,8,9);1H2,(H,2,3,4). The molecule has 0 aliphatic rings. The number of carboxylic acid groups (broad SMARTS) is 3. The van der Waals surface area contributed by atoms with Crippen LogP contribution in [0.2, 0.25) is 15.1 Å². The van der Waals surface area contributed by atoms with Gasteiger partial charge in [0.2, 0.25) is 0 Å². The van der Waals surface area contributed by atoms with Gasteiger partial charge in [0.15, 0.2) is 0 Å². The van der Waals surface area contributed by atoms with Crippen LogP contribution in [0.25, 0.3) is 96.3 Å². The monoisotopic (exact) mass is 2390 g/mol. The van der Waals surface area contributed by atoms with Crippen LogP contribution in [0.1, 0.15) is 33.4 Å². The summed E-state index contributed by atoms with van der Waals surface area (Å²) in [4.78, 5) is 205. The quantitative estimate of drug-likeness (QED) is 0.0367. The van der Waals surface area contributed by atoms with Crippen molar-refractivity contribution in [3.63, 3.8) is 0 Å². The van der Waals surface area contributed by atoms with Gasteiger partial charge < -0.3 is 90.7 Å². The summed E-state index contributed by atoms with van der Waals surface area (Å²) in [5.41, 5.74) is 0.884. The van der Waals surface area contributed by atoms with Crippen LogP contribution < -0.4 is 131 Å². The number of aromatic nitrogens is 17. The van der Waals surface area contributed by atoms with Crippen LogP contribution in [-0.4, -0.2) is 127 Å². The maximum absolute atomic E-state index is 12.6. The number of nitrogen functional groups attached to an aromatic ring is 8. The molecule has 13 heterocycles. The van der Waals surface area contributed by atoms with E-state index < -0.39 is 107 Å². The minimum atomic E-state index is -4.38. The number of nitrogens with two attached hydrogens (primary N) is 9. The Morgan fingerprint density at radius 3 is 1.08 bits per heavy atom. The summed E-state index contributed by atoms with van der Waals surface area (Å²) in [6.07, 6.45) is 13.8. The van der Waals surface area contributed by atoms with Crippen molar-refractivity contribution in [3.05, 3.63) is 400 Å². The highest BCUT2D eigenvalue weighted by molar-refractivity contribution is 9.11. The summed E-state index contributed by atoms with van der Waals surface area (Å²) in [5, 5.41) is 41.6. The minimum absolute atomic E-state index is 0.132. The fraction of sp³-hybridized carbons (Fsp3) is 0.0706. The Kier molecular flexibility index (Phi) is 34.4. The first-order chi connectivity index (χ1) is 68.9. The first-order valence-corrected chi connectivity index (χ1v) is 48.7. The Hall–Kier alpha value is -16.0. The zero-order chi connectivity index (χ0) is 107. The molecule has 61 heteroatoms. The van der Waals surface area contributed by atoms with Crippen molar-refractivity contribution in [1.29, 1.82) is 0 Å². The second-order valence-electron chi connectivity index (χ2n) is 30.3. The average molecular weight is 2390 g/mol. The van der Waals surface area contributed by atoms with Crippen molar-refractivity contribution < 1.29 is 47.0 Å². The predicted molar refractivity (Wildman–Crippen MR) is 566 cm³/mol. The number of aromatic amines is 6. The van der Waals surface area contributed by atoms with Gasteiger partial charge in [0.05, 0.1) is 52.8 Å². The number of carboxylic acids is 3. The molecule has 0 saturated carbocycles. The van der Waals surface area contributed by atoms with Gasteiger partial charge in [0, 0.05) is 131 Å². The lowest BCUT2D eigenvalue weighted by atomic mass is 10.0. The number of hydrogen-bond donors (Lipinski definition) is 19. The van der Waals surface area contributed by atoms with E-state index in [-0.39, 0.29) is 49.4 Å². The van der Waals surface area contributed by atoms with Gasteiger partial charge in [-0.05, 0) is 219 Å². The molecule has 19 rings (SSSR count). The average Bonchev–Trinajstić information content (AvgIpc) is 1.69. The van der Waals surface area contributed by atoms with Crippen molar-refractivity contribution >= 4 is 224 Å². The van der Waals surface area contributed by atoms with E-state index in [9.17, 15) is 105 Å². The highest BCUT2D eigenvalue weighted by Gasteiger charge is 2.23. The van der Waals surface area contributed by atoms with E-state index >= 15 is 0 Å². The number of hydrogen-bond acceptors (Lipinski definition) is 32. The summed E-state index contributed by atoms with van der Waals surface area (Å²) in [6, 6.07) is 33.0. The Bertz CT molecular complexity index is 9240. The molecule has 0 fully saturated rings. The zero-order valence-electron chi connectivity index (χ0n) is 73.5. The van der Waals surface area contributed by atoms with Crippen molar-refractivity contribution in [3.8, 4) is 33.4 Å². The number of carbonyl (C=O) groups is 3. The number of H-pyrrole nitrogens is 6. The van der Waals surface area contributed by atoms with Crippen LogP contribution >= 0.6 is 133 Å². The SMILES string of the molecule is NOS(=O)(=O)O.Nn1c(=O)[nH]cc(-c2ccc3c(CC(=O)O)cn(Cc4csc5ccc(Cl)cc45)c3c2)c1=O.Nn1c(=O)[nH]cc(Br)c1=O.Nn1cc(-c2ccc3c(CC(=O)O)cn(Cc4csc5ccc(Cl)cc45)c3c2)c(=O)[nH]c1=O.Nn1cc(-c2ccc3c(CC(=O)O)cn(Cc4csc5ccc(Cl)cc45)c3c2)c(=O)n(N)c1=O.Nn1cc(Br)c(=O)[nH]c1=O.Nn1cc(Br)c(=O)n(N)c1=O.O=c1[nH]cc(Br)c(=O)[nH]1. The molecule has 0 aliphatic heterocycles. The smallest absolute Gasteiger partial charge is 0.413 e. The fourth-order valence-corrected chi connectivity index (χ4v) is 18.6. The van der Waals surface area contributed by atoms with Gasteiger partial charge in [0.1, 0.15) is 13.4 Å². The fourth-order valence-electron chi connectivity index (χ4n) is 14.0. The molecule has 13 aromatic heterocycles. The van der Waals surface area contributed by atoms with Gasteiger partial charge in [-0.15, -0.1) is 34.0 Å². The number of nitrogens with one attached hydrogen (secondary N) is 6. The number of nitrogens with zero attached hydrogens (tertiary/aromatic N) is 11. The van der Waals surface area contributed by atoms with E-state index in [1.165, 1.54) is 37.2 Å². The molecule has 6 aromatic carbocycles. The predicted octanol–water partition coefficient (Wildman–Crippen LogP) is 4.17. The van der Waals surface area contributed by atoms with E-state index in [0.717, 1.165) is 99.9 Å². The molecule has 758 valence electrons. The Morgan fingerprint density at radius 2 is 0.692 bits per heavy atom. The molecule has 146 heavy (non-hydrogen) atoms. The molecule has 50 nitrogen and oxygen atoms in total. The van der Waals surface area contributed by atoms with Gasteiger partial charge in [-0.2, -0.15) is 37.3 Å². The third-order valence-corrected chi connectivity index (χ3v) is 27.0. The van der Waals surface area contributed by atoms with Crippen LogP contribution in [0.4, 0.5) is 0 Å². The van der Waals surface area contributed by atoms with Crippen LogP contribution in [0.15, 0.2) is 272 Å². The van der Waals surface area contributed by atoms with Gasteiger partial charge in [0.25, 0.3) is 38.9 Å². The Balaban J connectivity index is 0.000000160. The van der Waals surface area contributed by atoms with Gasteiger partial charge in [-0.1, -0.05) is 71.2 Å². The molecule has 0 atom stereocenters. The molecule has 0 bridgehead atoms. The Morgan fingerprint density at radius 1 is 0.356 bits per heavy atom. The maximum atomic E-state index is 12.6. The normalized spacial score (nSPS) is 11.0. The number of fused-ring (bicyclic) bond motifs is 6. The topological polar surface area (TPSA) is 798 Å². The van der Waals surface area contributed by atoms with E-state index in [0.29, 0.717) is 95.9 Å². The molecular weight excluding hydrogens is 2320 g/mol. The molecule has 0 unspecified atom stereocenters. The first kappa shape index (κ1) is 109. The van der Waals surface area contributed by atoms with Gasteiger partial charge in [-0.25, -0.2) is 52.3 Å². The summed E-state index contributed by atoms with van der Waals surface area (Å²) in [6.45, 7) is 1.46. The largest absolute Gasteiger partial charge is 0.481 e. The van der Waals surface area contributed by atoms with Crippen molar-refractivity contribution in [2.45, 2.75) is 38.9 Å². The number of rotatable bonds is 16. The molecule has 0 spiro atoms. The van der Waals surface area contributed by atoms with Gasteiger partial charge >= 0.3 is 68.1 Å². The number of aliphatic carboxylic acids is 3. The molecule has 0 amide bonds. The molecule has 0 aliphatic carbocycles. The van der Waals surface area contributed by atoms with E-state index in [4.69, 9.17) is 86.1 Å². The van der Waals surface area contributed by atoms with Crippen LogP contribution in [0.3, 0.4) is 0 Å². The second kappa shape index (κ2) is 46.2. The molecule has 0 radical (unpaired) electrons. The molecule has 28 N–H and O–H groups in total. The van der Waals surface area contributed by atoms with E-state index in [2.05, 4.69) is 105 Å². The van der Waals surface area contributed by atoms with Crippen molar-refractivity contribution in [1.82, 2.24) is 81.0 Å². The van der Waals surface area contributed by atoms with Crippen LogP contribution in [-0.2, 0) is 68.0 Å². The third kappa shape index (κ3) is 25.8. The van der Waals surface area contributed by atoms with Crippen LogP contribution in [0.5, 0.6) is 0 Å². The lowest BCUT2D eigenvalue weighted by molar-refractivity contribution is -0.137. The van der Waals surface area contributed by atoms with E-state index in [1.807, 2.05) is 102 Å². The van der Waals surface area contributed by atoms with Gasteiger partial charge in [-0.3, -0.25) is 67.5 Å². The molecule has 19 aromatic rings. The molecule has 0 saturated heterocycles. The van der Waals surface area contributed by atoms with Crippen molar-refractivity contribution in [2.24, 2.45) is 5.90 Å². The summed E-state index contributed by atoms with van der Waals surface area (Å²) in [7, 11) is -4.38. The van der Waals surface area contributed by atoms with Crippen LogP contribution in [0, 0.1) is 0 Å². The summed E-state index contributed by atoms with van der Waals surface area (Å²) >= 11 is 35.0. The van der Waals surface area contributed by atoms with E-state index in [1.54, 1.807) is 88.6 Å². The first-order valence-electron chi connectivity index (χ1n) is 40.4. The maximum Gasteiger partial charge on any atom is 0.413 e. The number of thiophene rings is 3. The summed E-state index contributed by atoms with van der Waals surface area (Å²) < 4.78 is 43.9. The highest BCUT2D eigenvalue weighted by atomic mass is 79.9. The third-order valence-electron chi connectivity index (χ3n) is 20.7. The second-order valence-corrected chi connectivity index (χ2v) is 38.8. The lowest BCUT2D eigenvalue weighted by Crippen LogP contribution is -2.47. The summed E-state index contributed by atoms with van der Waals surface area (Å²) in [5.74, 6) is 43.9. The number of benzene rings is 6. The molecular formula is C85H71Br4Cl3N26O24S4. The highest BCUT2D eigenvalue weighted by Crippen LogP contribution is 2.37.